The van der Waals surface area contributed by atoms with Crippen LogP contribution < -0.4 is 0 Å². The topological polar surface area (TPSA) is 35.6 Å². The van der Waals surface area contributed by atoms with Crippen molar-refractivity contribution in [2.24, 2.45) is 0 Å². The number of nitrogens with zero attached hydrogens (tertiary/aromatic N) is 4. The zero-order valence-electron chi connectivity index (χ0n) is 34.2. The van der Waals surface area contributed by atoms with Gasteiger partial charge in [0, 0.05) is 44.5 Å². The van der Waals surface area contributed by atoms with E-state index in [1.165, 1.54) is 71.2 Å². The Kier molecular flexibility index (Phi) is 8.25. The van der Waals surface area contributed by atoms with Gasteiger partial charge in [-0.05, 0) is 87.1 Å². The Morgan fingerprint density at radius 3 is 1.76 bits per heavy atom. The molecule has 0 fully saturated rings. The fourth-order valence-corrected chi connectivity index (χ4v) is 11.3. The molecule has 0 aliphatic carbocycles. The molecule has 4 nitrogen and oxygen atoms in total. The van der Waals surface area contributed by atoms with Gasteiger partial charge in [0.2, 0.25) is 5.95 Å². The molecule has 9 aromatic carbocycles. The van der Waals surface area contributed by atoms with Crippen molar-refractivity contribution in [2.75, 3.05) is 0 Å². The Morgan fingerprint density at radius 1 is 0.413 bits per heavy atom. The first-order chi connectivity index (χ1) is 31.2. The van der Waals surface area contributed by atoms with E-state index in [0.717, 1.165) is 45.0 Å². The summed E-state index contributed by atoms with van der Waals surface area (Å²) < 4.78 is 4.68. The van der Waals surface area contributed by atoms with Gasteiger partial charge in [0.05, 0.1) is 38.4 Å². The number of hydrogen-bond acceptors (Lipinski definition) is 3. The predicted molar refractivity (Wildman–Crippen MR) is 263 cm³/mol. The van der Waals surface area contributed by atoms with Crippen LogP contribution in [-0.4, -0.2) is 19.1 Å². The summed E-state index contributed by atoms with van der Waals surface area (Å²) >= 11 is 1.89. The van der Waals surface area contributed by atoms with Crippen LogP contribution in [0.5, 0.6) is 0 Å². The monoisotopic (exact) mass is 822 g/mol. The number of fused-ring (bicyclic) bond motifs is 9. The first-order valence-electron chi connectivity index (χ1n) is 21.6. The van der Waals surface area contributed by atoms with E-state index in [0.29, 0.717) is 5.95 Å². The molecule has 0 bridgehead atoms. The largest absolute Gasteiger partial charge is 0.309 e. The minimum absolute atomic E-state index is 0.261. The fourth-order valence-electron chi connectivity index (χ4n) is 9.90. The van der Waals surface area contributed by atoms with E-state index in [1.54, 1.807) is 0 Å². The van der Waals surface area contributed by atoms with Gasteiger partial charge in [-0.25, -0.2) is 9.97 Å². The lowest BCUT2D eigenvalue weighted by Gasteiger charge is -2.13. The molecule has 63 heavy (non-hydrogen) atoms. The predicted octanol–water partition coefficient (Wildman–Crippen LogP) is 15.2. The van der Waals surface area contributed by atoms with Gasteiger partial charge in [0.25, 0.3) is 0 Å². The van der Waals surface area contributed by atoms with Gasteiger partial charge < -0.3 is 4.57 Å². The van der Waals surface area contributed by atoms with Gasteiger partial charge in [-0.2, -0.15) is 0 Å². The number of benzene rings is 9. The lowest BCUT2D eigenvalue weighted by atomic mass is 9.99. The summed E-state index contributed by atoms with van der Waals surface area (Å²) in [5.41, 5.74) is 15.0. The summed E-state index contributed by atoms with van der Waals surface area (Å²) in [5, 5.41) is 7.56. The molecule has 296 valence electrons. The molecule has 0 spiro atoms. The van der Waals surface area contributed by atoms with E-state index < -0.39 is 0 Å². The molecule has 13 rings (SSSR count). The summed E-state index contributed by atoms with van der Waals surface area (Å²) in [6.45, 7) is 0. The highest BCUT2D eigenvalue weighted by atomic mass is 32.2. The molecule has 4 heterocycles. The zero-order chi connectivity index (χ0) is 41.4. The van der Waals surface area contributed by atoms with Crippen LogP contribution >= 0.6 is 11.8 Å². The molecule has 1 aliphatic rings. The van der Waals surface area contributed by atoms with Crippen molar-refractivity contribution >= 4 is 66.1 Å². The third-order valence-electron chi connectivity index (χ3n) is 12.9. The van der Waals surface area contributed by atoms with Crippen LogP contribution in [0.15, 0.2) is 217 Å². The highest BCUT2D eigenvalue weighted by Gasteiger charge is 2.31. The van der Waals surface area contributed by atoms with Crippen LogP contribution in [0.1, 0.15) is 16.5 Å². The molecule has 0 radical (unpaired) electrons. The maximum atomic E-state index is 5.57. The summed E-state index contributed by atoms with van der Waals surface area (Å²) in [5.74, 6) is 0.698. The number of aromatic nitrogens is 4. The van der Waals surface area contributed by atoms with Gasteiger partial charge >= 0.3 is 0 Å². The Labute approximate surface area is 368 Å². The highest BCUT2D eigenvalue weighted by Crippen LogP contribution is 2.50. The van der Waals surface area contributed by atoms with Crippen LogP contribution in [0.25, 0.3) is 99.5 Å². The molecule has 0 N–H and O–H groups in total. The second-order valence-electron chi connectivity index (χ2n) is 16.5. The summed E-state index contributed by atoms with van der Waals surface area (Å²) in [6, 6.07) is 76.8. The van der Waals surface area contributed by atoms with E-state index in [2.05, 4.69) is 221 Å². The molecule has 12 aromatic rings. The molecular weight excluding hydrogens is 785 g/mol. The summed E-state index contributed by atoms with van der Waals surface area (Å²) in [6.07, 6.45) is 0.835. The molecular formula is C58H38N4S. The molecule has 0 saturated carbocycles. The molecule has 1 aliphatic heterocycles. The number of thioether (sulfide) groups is 1. The minimum Gasteiger partial charge on any atom is -0.309 e. The minimum atomic E-state index is 0.261. The van der Waals surface area contributed by atoms with Crippen LogP contribution in [0.2, 0.25) is 0 Å². The van der Waals surface area contributed by atoms with Gasteiger partial charge in [0.1, 0.15) is 0 Å². The third kappa shape index (κ3) is 5.85. The van der Waals surface area contributed by atoms with E-state index in [1.807, 2.05) is 11.8 Å². The van der Waals surface area contributed by atoms with Crippen molar-refractivity contribution in [1.29, 1.82) is 0 Å². The average Bonchev–Trinajstić information content (AvgIpc) is 4.05. The van der Waals surface area contributed by atoms with Gasteiger partial charge in [-0.3, -0.25) is 4.57 Å². The summed E-state index contributed by atoms with van der Waals surface area (Å²) in [4.78, 5) is 12.2. The second kappa shape index (κ2) is 14.4. The van der Waals surface area contributed by atoms with E-state index in [4.69, 9.17) is 9.97 Å². The van der Waals surface area contributed by atoms with Gasteiger partial charge in [-0.15, -0.1) is 11.8 Å². The fraction of sp³-hybridized carbons (Fsp3) is 0.0345. The SMILES string of the molecule is c1ccc(-c2ccc(-c3nc(-n4c5ccc(-c6ccc7c(c6)c6ccccc6n7-c6ccccc6)cc5c5c6ccccc6ccc54)nc4c3SC(c3ccccc3)C4)cc2)cc1. The Balaban J connectivity index is 1.01. The highest BCUT2D eigenvalue weighted by molar-refractivity contribution is 8.00. The van der Waals surface area contributed by atoms with E-state index in [9.17, 15) is 0 Å². The molecule has 0 saturated heterocycles. The van der Waals surface area contributed by atoms with E-state index >= 15 is 0 Å². The van der Waals surface area contributed by atoms with Crippen molar-refractivity contribution in [2.45, 2.75) is 16.6 Å². The van der Waals surface area contributed by atoms with Crippen molar-refractivity contribution < 1.29 is 0 Å². The van der Waals surface area contributed by atoms with Crippen LogP contribution in [0, 0.1) is 0 Å². The molecule has 1 atom stereocenters. The Hall–Kier alpha value is -7.73. The Morgan fingerprint density at radius 2 is 0.984 bits per heavy atom. The Bertz CT molecular complexity index is 3720. The van der Waals surface area contributed by atoms with Gasteiger partial charge in [0.15, 0.2) is 0 Å². The number of hydrogen-bond donors (Lipinski definition) is 0. The first kappa shape index (κ1) is 36.0. The molecule has 3 aromatic heterocycles. The van der Waals surface area contributed by atoms with Crippen molar-refractivity contribution in [3.63, 3.8) is 0 Å². The second-order valence-corrected chi connectivity index (χ2v) is 17.7. The third-order valence-corrected chi connectivity index (χ3v) is 14.3. The van der Waals surface area contributed by atoms with Crippen molar-refractivity contribution in [3.8, 4) is 45.1 Å². The lowest BCUT2D eigenvalue weighted by molar-refractivity contribution is 0.861. The van der Waals surface area contributed by atoms with Crippen LogP contribution in [-0.2, 0) is 6.42 Å². The van der Waals surface area contributed by atoms with Crippen LogP contribution in [0.4, 0.5) is 0 Å². The smallest absolute Gasteiger partial charge is 0.235 e. The van der Waals surface area contributed by atoms with Crippen LogP contribution in [0.3, 0.4) is 0 Å². The standard InChI is InChI=1S/C58H38N4S/c1-4-14-37(15-5-1)38-24-26-41(27-25-38)56-57-49(36-54(63-57)40-17-6-2-7-18-40)59-58(60-56)62-52-32-30-43(35-48(52)55-45-21-11-10-16-39(45)28-33-53(55)62)42-29-31-51-47(34-42)46-22-12-13-23-50(46)61(51)44-19-8-3-9-20-44/h1-35,54H,36H2. The maximum absolute atomic E-state index is 5.57. The number of para-hydroxylation sites is 2. The van der Waals surface area contributed by atoms with Gasteiger partial charge in [-0.1, -0.05) is 164 Å². The zero-order valence-corrected chi connectivity index (χ0v) is 35.0. The molecule has 1 unspecified atom stereocenters. The lowest BCUT2D eigenvalue weighted by Crippen LogP contribution is -2.06. The quantitative estimate of drug-likeness (QED) is 0.168. The van der Waals surface area contributed by atoms with E-state index in [-0.39, 0.29) is 5.25 Å². The molecule has 5 heteroatoms. The average molecular weight is 823 g/mol. The maximum Gasteiger partial charge on any atom is 0.235 e. The van der Waals surface area contributed by atoms with Crippen molar-refractivity contribution in [3.05, 3.63) is 224 Å². The number of rotatable bonds is 6. The normalized spacial score (nSPS) is 13.7. The van der Waals surface area contributed by atoms with Crippen molar-refractivity contribution in [1.82, 2.24) is 19.1 Å². The first-order valence-corrected chi connectivity index (χ1v) is 22.5. The molecule has 0 amide bonds. The summed E-state index contributed by atoms with van der Waals surface area (Å²) in [7, 11) is 0.